The van der Waals surface area contributed by atoms with Crippen LogP contribution in [-0.2, 0) is 4.74 Å². The predicted molar refractivity (Wildman–Crippen MR) is 80.6 cm³/mol. The van der Waals surface area contributed by atoms with E-state index in [1.807, 2.05) is 0 Å². The third-order valence-corrected chi connectivity index (χ3v) is 6.19. The lowest BCUT2D eigenvalue weighted by atomic mass is 9.68. The second kappa shape index (κ2) is 5.26. The van der Waals surface area contributed by atoms with Gasteiger partial charge in [0.1, 0.15) is 0 Å². The Kier molecular flexibility index (Phi) is 3.89. The molecule has 4 atom stereocenters. The van der Waals surface area contributed by atoms with Crippen molar-refractivity contribution in [1.82, 2.24) is 5.32 Å². The van der Waals surface area contributed by atoms with Gasteiger partial charge in [-0.15, -0.1) is 0 Å². The summed E-state index contributed by atoms with van der Waals surface area (Å²) in [5, 5.41) is 13.7. The maximum Gasteiger partial charge on any atom is 0.0897 e. The van der Waals surface area contributed by atoms with Crippen molar-refractivity contribution in [2.75, 3.05) is 19.8 Å². The van der Waals surface area contributed by atoms with Crippen LogP contribution in [0.1, 0.15) is 52.9 Å². The van der Waals surface area contributed by atoms with Gasteiger partial charge < -0.3 is 15.2 Å². The molecule has 0 aromatic carbocycles. The summed E-state index contributed by atoms with van der Waals surface area (Å²) >= 11 is 0. The summed E-state index contributed by atoms with van der Waals surface area (Å²) in [4.78, 5) is 0. The molecule has 3 aliphatic carbocycles. The van der Waals surface area contributed by atoms with Gasteiger partial charge in [0.2, 0.25) is 0 Å². The van der Waals surface area contributed by atoms with Crippen molar-refractivity contribution in [2.45, 2.75) is 65.0 Å². The molecule has 3 heteroatoms. The molecule has 0 saturated heterocycles. The van der Waals surface area contributed by atoms with Gasteiger partial charge in [0.25, 0.3) is 0 Å². The molecule has 20 heavy (non-hydrogen) atoms. The van der Waals surface area contributed by atoms with E-state index in [0.717, 1.165) is 18.4 Å². The van der Waals surface area contributed by atoms with E-state index in [1.165, 1.54) is 32.1 Å². The summed E-state index contributed by atoms with van der Waals surface area (Å²) in [6, 6.07) is 0.534. The smallest absolute Gasteiger partial charge is 0.0897 e. The molecule has 3 nitrogen and oxygen atoms in total. The van der Waals surface area contributed by atoms with E-state index in [4.69, 9.17) is 4.74 Å². The molecule has 0 aromatic rings. The molecular weight excluding hydrogens is 250 g/mol. The van der Waals surface area contributed by atoms with E-state index < -0.39 is 0 Å². The predicted octanol–water partition coefficient (Wildman–Crippen LogP) is 2.58. The van der Waals surface area contributed by atoms with Crippen molar-refractivity contribution in [3.63, 3.8) is 0 Å². The highest BCUT2D eigenvalue weighted by molar-refractivity contribution is 5.12. The minimum absolute atomic E-state index is 0.363. The molecule has 2 bridgehead atoms. The lowest BCUT2D eigenvalue weighted by Crippen LogP contribution is -2.52. The van der Waals surface area contributed by atoms with Crippen molar-refractivity contribution in [3.8, 4) is 0 Å². The molecule has 0 spiro atoms. The standard InChI is InChI=1S/C17H31NO2/c1-16(2)13-6-7-17(3,8-13)15(16)18-9-14(19)11-20-10-12-4-5-12/h12-15,18-19H,4-11H2,1-3H3. The minimum Gasteiger partial charge on any atom is -0.389 e. The first-order valence-electron chi connectivity index (χ1n) is 8.41. The summed E-state index contributed by atoms with van der Waals surface area (Å²) in [6.45, 7) is 9.21. The number of hydrogen-bond donors (Lipinski definition) is 2. The lowest BCUT2D eigenvalue weighted by Gasteiger charge is -2.43. The van der Waals surface area contributed by atoms with Crippen molar-refractivity contribution >= 4 is 0 Å². The van der Waals surface area contributed by atoms with Gasteiger partial charge in [-0.25, -0.2) is 0 Å². The Hall–Kier alpha value is -0.120. The number of fused-ring (bicyclic) bond motifs is 2. The Morgan fingerprint density at radius 1 is 1.25 bits per heavy atom. The van der Waals surface area contributed by atoms with Crippen LogP contribution in [0.3, 0.4) is 0 Å². The van der Waals surface area contributed by atoms with E-state index in [2.05, 4.69) is 26.1 Å². The molecule has 0 amide bonds. The molecule has 2 N–H and O–H groups in total. The van der Waals surface area contributed by atoms with Crippen LogP contribution in [-0.4, -0.2) is 37.0 Å². The van der Waals surface area contributed by atoms with Gasteiger partial charge >= 0.3 is 0 Å². The SMILES string of the molecule is CC12CCC(C1)C(C)(C)C2NCC(O)COCC1CC1. The molecular formula is C17H31NO2. The molecule has 0 heterocycles. The number of aliphatic hydroxyl groups is 1. The number of rotatable bonds is 7. The van der Waals surface area contributed by atoms with E-state index in [9.17, 15) is 5.11 Å². The van der Waals surface area contributed by atoms with Gasteiger partial charge in [0, 0.05) is 19.2 Å². The fourth-order valence-electron chi connectivity index (χ4n) is 4.78. The quantitative estimate of drug-likeness (QED) is 0.753. The first-order valence-corrected chi connectivity index (χ1v) is 8.41. The first kappa shape index (κ1) is 14.8. The highest BCUT2D eigenvalue weighted by Gasteiger charge is 2.58. The maximum absolute atomic E-state index is 10.1. The Morgan fingerprint density at radius 2 is 2.00 bits per heavy atom. The maximum atomic E-state index is 10.1. The van der Waals surface area contributed by atoms with Crippen LogP contribution in [0, 0.1) is 22.7 Å². The fourth-order valence-corrected chi connectivity index (χ4v) is 4.78. The number of aliphatic hydroxyl groups excluding tert-OH is 1. The van der Waals surface area contributed by atoms with E-state index >= 15 is 0 Å². The van der Waals surface area contributed by atoms with Gasteiger partial charge in [0.05, 0.1) is 12.7 Å². The Balaban J connectivity index is 1.45. The van der Waals surface area contributed by atoms with Crippen molar-refractivity contribution in [1.29, 1.82) is 0 Å². The molecule has 0 radical (unpaired) electrons. The topological polar surface area (TPSA) is 41.5 Å². The van der Waals surface area contributed by atoms with Crippen molar-refractivity contribution < 1.29 is 9.84 Å². The average molecular weight is 281 g/mol. The number of nitrogens with one attached hydrogen (secondary N) is 1. The summed E-state index contributed by atoms with van der Waals surface area (Å²) < 4.78 is 5.58. The molecule has 116 valence electrons. The molecule has 3 rings (SSSR count). The highest BCUT2D eigenvalue weighted by Crippen LogP contribution is 2.62. The monoisotopic (exact) mass is 281 g/mol. The third-order valence-electron chi connectivity index (χ3n) is 6.19. The van der Waals surface area contributed by atoms with Crippen LogP contribution in [0.5, 0.6) is 0 Å². The third kappa shape index (κ3) is 2.77. The molecule has 4 unspecified atom stereocenters. The molecule has 0 aliphatic heterocycles. The normalized spacial score (nSPS) is 40.2. The molecule has 3 fully saturated rings. The van der Waals surface area contributed by atoms with Gasteiger partial charge in [-0.3, -0.25) is 0 Å². The number of hydrogen-bond acceptors (Lipinski definition) is 3. The zero-order chi connectivity index (χ0) is 14.4. The van der Waals surface area contributed by atoms with Crippen LogP contribution in [0.15, 0.2) is 0 Å². The largest absolute Gasteiger partial charge is 0.389 e. The van der Waals surface area contributed by atoms with Crippen LogP contribution in [0.2, 0.25) is 0 Å². The summed E-state index contributed by atoms with van der Waals surface area (Å²) in [6.07, 6.45) is 6.33. The van der Waals surface area contributed by atoms with Crippen LogP contribution in [0.25, 0.3) is 0 Å². The Morgan fingerprint density at radius 3 is 2.60 bits per heavy atom. The zero-order valence-corrected chi connectivity index (χ0v) is 13.3. The first-order chi connectivity index (χ1) is 9.42. The van der Waals surface area contributed by atoms with Gasteiger partial charge in [0.15, 0.2) is 0 Å². The summed E-state index contributed by atoms with van der Waals surface area (Å²) in [5.41, 5.74) is 0.796. The van der Waals surface area contributed by atoms with Crippen molar-refractivity contribution in [3.05, 3.63) is 0 Å². The Labute approximate surface area is 123 Å². The molecule has 3 aliphatic rings. The second-order valence-corrected chi connectivity index (χ2v) is 8.39. The highest BCUT2D eigenvalue weighted by atomic mass is 16.5. The van der Waals surface area contributed by atoms with Gasteiger partial charge in [-0.05, 0) is 54.8 Å². The molecule has 3 saturated carbocycles. The summed E-state index contributed by atoms with van der Waals surface area (Å²) in [5.74, 6) is 1.63. The zero-order valence-electron chi connectivity index (χ0n) is 13.3. The minimum atomic E-state index is -0.368. The number of ether oxygens (including phenoxy) is 1. The lowest BCUT2D eigenvalue weighted by molar-refractivity contribution is 0.0220. The Bertz CT molecular complexity index is 348. The van der Waals surface area contributed by atoms with Gasteiger partial charge in [-0.1, -0.05) is 20.8 Å². The van der Waals surface area contributed by atoms with E-state index in [-0.39, 0.29) is 6.10 Å². The van der Waals surface area contributed by atoms with Gasteiger partial charge in [-0.2, -0.15) is 0 Å². The average Bonchev–Trinajstić information content (AvgIpc) is 3.06. The fraction of sp³-hybridized carbons (Fsp3) is 1.00. The van der Waals surface area contributed by atoms with Crippen molar-refractivity contribution in [2.24, 2.45) is 22.7 Å². The molecule has 0 aromatic heterocycles. The van der Waals surface area contributed by atoms with Crippen LogP contribution < -0.4 is 5.32 Å². The van der Waals surface area contributed by atoms with Crippen LogP contribution >= 0.6 is 0 Å². The van der Waals surface area contributed by atoms with E-state index in [0.29, 0.717) is 30.0 Å². The van der Waals surface area contributed by atoms with Crippen LogP contribution in [0.4, 0.5) is 0 Å². The second-order valence-electron chi connectivity index (χ2n) is 8.39. The summed E-state index contributed by atoms with van der Waals surface area (Å²) in [7, 11) is 0. The van der Waals surface area contributed by atoms with E-state index in [1.54, 1.807) is 0 Å².